The lowest BCUT2D eigenvalue weighted by Crippen LogP contribution is -2.49. The zero-order chi connectivity index (χ0) is 12.4. The summed E-state index contributed by atoms with van der Waals surface area (Å²) in [4.78, 5) is 14.2. The van der Waals surface area contributed by atoms with Crippen molar-refractivity contribution >= 4 is 5.78 Å². The fourth-order valence-corrected chi connectivity index (χ4v) is 2.82. The van der Waals surface area contributed by atoms with Crippen molar-refractivity contribution in [1.82, 2.24) is 4.90 Å². The molecule has 1 fully saturated rings. The molecule has 1 aliphatic rings. The van der Waals surface area contributed by atoms with Crippen LogP contribution in [0, 0.1) is 5.41 Å². The van der Waals surface area contributed by atoms with Gasteiger partial charge in [0.15, 0.2) is 0 Å². The molecule has 0 N–H and O–H groups in total. The summed E-state index contributed by atoms with van der Waals surface area (Å²) in [6.07, 6.45) is 4.94. The average molecular weight is 225 g/mol. The Labute approximate surface area is 100 Å². The van der Waals surface area contributed by atoms with Gasteiger partial charge in [0.1, 0.15) is 5.78 Å². The van der Waals surface area contributed by atoms with Crippen molar-refractivity contribution in [2.75, 3.05) is 13.1 Å². The van der Waals surface area contributed by atoms with Crippen LogP contribution in [0.2, 0.25) is 0 Å². The molecule has 1 aliphatic heterocycles. The van der Waals surface area contributed by atoms with Crippen LogP contribution in [0.25, 0.3) is 0 Å². The fraction of sp³-hybridized carbons (Fsp3) is 0.929. The normalized spacial score (nSPS) is 19.8. The molecule has 0 aromatic heterocycles. The van der Waals surface area contributed by atoms with Gasteiger partial charge in [-0.15, -0.1) is 0 Å². The standard InChI is InChI=1S/C14H27NO/c1-12(16)13(2,3)11-14(4,5)15-9-7-6-8-10-15/h6-11H2,1-5H3. The highest BCUT2D eigenvalue weighted by Gasteiger charge is 2.36. The summed E-state index contributed by atoms with van der Waals surface area (Å²) in [5, 5.41) is 0. The second-order valence-electron chi connectivity index (χ2n) is 6.48. The van der Waals surface area contributed by atoms with E-state index in [1.54, 1.807) is 6.92 Å². The Hall–Kier alpha value is -0.370. The SMILES string of the molecule is CC(=O)C(C)(C)CC(C)(C)N1CCCCC1. The number of likely N-dealkylation sites (tertiary alicyclic amines) is 1. The number of carbonyl (C=O) groups excluding carboxylic acids is 1. The third-order valence-corrected chi connectivity index (χ3v) is 4.04. The number of ketones is 1. The Morgan fingerprint density at radius 3 is 2.00 bits per heavy atom. The minimum atomic E-state index is -0.194. The number of Topliss-reactive ketones (excluding diaryl/α,β-unsaturated/α-hetero) is 1. The number of hydrogen-bond donors (Lipinski definition) is 0. The van der Waals surface area contributed by atoms with E-state index in [1.165, 1.54) is 32.4 Å². The lowest BCUT2D eigenvalue weighted by molar-refractivity contribution is -0.127. The molecule has 2 heteroatoms. The Morgan fingerprint density at radius 1 is 1.06 bits per heavy atom. The molecule has 0 aliphatic carbocycles. The minimum absolute atomic E-state index is 0.148. The van der Waals surface area contributed by atoms with Crippen molar-refractivity contribution in [3.63, 3.8) is 0 Å². The van der Waals surface area contributed by atoms with Crippen molar-refractivity contribution in [3.8, 4) is 0 Å². The summed E-state index contributed by atoms with van der Waals surface area (Å²) in [6, 6.07) is 0. The topological polar surface area (TPSA) is 20.3 Å². The maximum Gasteiger partial charge on any atom is 0.135 e. The molecule has 0 unspecified atom stereocenters. The third-order valence-electron chi connectivity index (χ3n) is 4.04. The van der Waals surface area contributed by atoms with Gasteiger partial charge in [-0.25, -0.2) is 0 Å². The molecule has 0 aromatic carbocycles. The lowest BCUT2D eigenvalue weighted by Gasteiger charge is -2.44. The number of nitrogens with zero attached hydrogens (tertiary/aromatic N) is 1. The van der Waals surface area contributed by atoms with E-state index >= 15 is 0 Å². The molecular formula is C14H27NO. The minimum Gasteiger partial charge on any atom is -0.299 e. The molecule has 0 amide bonds. The third kappa shape index (κ3) is 3.31. The second kappa shape index (κ2) is 4.87. The van der Waals surface area contributed by atoms with Gasteiger partial charge in [-0.2, -0.15) is 0 Å². The highest BCUT2D eigenvalue weighted by atomic mass is 16.1. The van der Waals surface area contributed by atoms with E-state index in [0.29, 0.717) is 5.78 Å². The van der Waals surface area contributed by atoms with Crippen LogP contribution in [0.15, 0.2) is 0 Å². The highest BCUT2D eigenvalue weighted by molar-refractivity contribution is 5.81. The predicted octanol–water partition coefficient (Wildman–Crippen LogP) is 3.26. The maximum absolute atomic E-state index is 11.6. The molecule has 2 nitrogen and oxygen atoms in total. The van der Waals surface area contributed by atoms with Crippen LogP contribution in [-0.2, 0) is 4.79 Å². The van der Waals surface area contributed by atoms with E-state index in [1.807, 2.05) is 0 Å². The van der Waals surface area contributed by atoms with E-state index in [-0.39, 0.29) is 11.0 Å². The van der Waals surface area contributed by atoms with Gasteiger partial charge in [-0.3, -0.25) is 9.69 Å². The van der Waals surface area contributed by atoms with Crippen LogP contribution < -0.4 is 0 Å². The van der Waals surface area contributed by atoms with Crippen molar-refractivity contribution in [3.05, 3.63) is 0 Å². The molecule has 0 bridgehead atoms. The summed E-state index contributed by atoms with van der Waals surface area (Å²) >= 11 is 0. The summed E-state index contributed by atoms with van der Waals surface area (Å²) in [5.41, 5.74) is -0.0451. The molecular weight excluding hydrogens is 198 g/mol. The first-order valence-electron chi connectivity index (χ1n) is 6.52. The Kier molecular flexibility index (Phi) is 4.17. The molecule has 1 heterocycles. The summed E-state index contributed by atoms with van der Waals surface area (Å²) < 4.78 is 0. The number of hydrogen-bond acceptors (Lipinski definition) is 2. The number of carbonyl (C=O) groups is 1. The molecule has 0 aromatic rings. The van der Waals surface area contributed by atoms with Gasteiger partial charge in [0.05, 0.1) is 0 Å². The number of rotatable bonds is 4. The van der Waals surface area contributed by atoms with Crippen LogP contribution in [0.4, 0.5) is 0 Å². The van der Waals surface area contributed by atoms with Crippen LogP contribution in [0.3, 0.4) is 0 Å². The highest BCUT2D eigenvalue weighted by Crippen LogP contribution is 2.33. The van der Waals surface area contributed by atoms with Crippen molar-refractivity contribution < 1.29 is 4.79 Å². The van der Waals surface area contributed by atoms with E-state index in [2.05, 4.69) is 32.6 Å². The first kappa shape index (κ1) is 13.7. The molecule has 0 atom stereocenters. The van der Waals surface area contributed by atoms with Gasteiger partial charge in [0.2, 0.25) is 0 Å². The van der Waals surface area contributed by atoms with Gasteiger partial charge in [0, 0.05) is 11.0 Å². The average Bonchev–Trinajstić information content (AvgIpc) is 2.17. The monoisotopic (exact) mass is 225 g/mol. The van der Waals surface area contributed by atoms with Crippen molar-refractivity contribution in [1.29, 1.82) is 0 Å². The van der Waals surface area contributed by atoms with Crippen molar-refractivity contribution in [2.45, 2.75) is 65.8 Å². The lowest BCUT2D eigenvalue weighted by atomic mass is 9.76. The van der Waals surface area contributed by atoms with Gasteiger partial charge < -0.3 is 0 Å². The first-order valence-corrected chi connectivity index (χ1v) is 6.52. The first-order chi connectivity index (χ1) is 7.26. The van der Waals surface area contributed by atoms with Crippen LogP contribution in [0.1, 0.15) is 60.3 Å². The summed E-state index contributed by atoms with van der Waals surface area (Å²) in [7, 11) is 0. The number of piperidine rings is 1. The van der Waals surface area contributed by atoms with E-state index in [0.717, 1.165) is 6.42 Å². The second-order valence-corrected chi connectivity index (χ2v) is 6.48. The molecule has 0 spiro atoms. The molecule has 16 heavy (non-hydrogen) atoms. The van der Waals surface area contributed by atoms with Gasteiger partial charge >= 0.3 is 0 Å². The predicted molar refractivity (Wildman–Crippen MR) is 68.6 cm³/mol. The molecule has 94 valence electrons. The zero-order valence-corrected chi connectivity index (χ0v) is 11.6. The largest absolute Gasteiger partial charge is 0.299 e. The van der Waals surface area contributed by atoms with E-state index in [4.69, 9.17) is 0 Å². The maximum atomic E-state index is 11.6. The zero-order valence-electron chi connectivity index (χ0n) is 11.6. The van der Waals surface area contributed by atoms with E-state index in [9.17, 15) is 4.79 Å². The van der Waals surface area contributed by atoms with Crippen LogP contribution >= 0.6 is 0 Å². The van der Waals surface area contributed by atoms with Crippen molar-refractivity contribution in [2.24, 2.45) is 5.41 Å². The van der Waals surface area contributed by atoms with Gasteiger partial charge in [-0.1, -0.05) is 20.3 Å². The Bertz CT molecular complexity index is 249. The fourth-order valence-electron chi connectivity index (χ4n) is 2.82. The van der Waals surface area contributed by atoms with Crippen LogP contribution in [0.5, 0.6) is 0 Å². The molecule has 1 saturated heterocycles. The molecule has 0 radical (unpaired) electrons. The molecule has 1 rings (SSSR count). The quantitative estimate of drug-likeness (QED) is 0.732. The van der Waals surface area contributed by atoms with Crippen LogP contribution in [-0.4, -0.2) is 29.3 Å². The van der Waals surface area contributed by atoms with E-state index < -0.39 is 0 Å². The summed E-state index contributed by atoms with van der Waals surface area (Å²) in [6.45, 7) is 12.8. The van der Waals surface area contributed by atoms with Gasteiger partial charge in [0.25, 0.3) is 0 Å². The van der Waals surface area contributed by atoms with Gasteiger partial charge in [-0.05, 0) is 53.1 Å². The smallest absolute Gasteiger partial charge is 0.135 e. The molecule has 0 saturated carbocycles. The Balaban J connectivity index is 2.65. The Morgan fingerprint density at radius 2 is 1.56 bits per heavy atom. The summed E-state index contributed by atoms with van der Waals surface area (Å²) in [5.74, 6) is 0.303.